The number of rotatable bonds is 7. The zero-order valence-electron chi connectivity index (χ0n) is 19.9. The molecule has 0 aromatic heterocycles. The molecule has 33 heavy (non-hydrogen) atoms. The molecule has 0 bridgehead atoms. The molecule has 3 saturated carbocycles. The van der Waals surface area contributed by atoms with Crippen LogP contribution in [0.25, 0.3) is 0 Å². The van der Waals surface area contributed by atoms with E-state index in [-0.39, 0.29) is 17.6 Å². The average Bonchev–Trinajstić information content (AvgIpc) is 2.82. The van der Waals surface area contributed by atoms with Gasteiger partial charge in [-0.25, -0.2) is 8.78 Å². The van der Waals surface area contributed by atoms with Crippen molar-refractivity contribution in [2.45, 2.75) is 77.0 Å². The van der Waals surface area contributed by atoms with Crippen LogP contribution in [0.15, 0.2) is 24.8 Å². The largest absolute Gasteiger partial charge is 0.491 e. The van der Waals surface area contributed by atoms with Crippen LogP contribution in [-0.4, -0.2) is 13.1 Å². The van der Waals surface area contributed by atoms with E-state index in [1.807, 2.05) is 6.08 Å². The fourth-order valence-corrected chi connectivity index (χ4v) is 7.00. The Kier molecular flexibility index (Phi) is 8.08. The second-order valence-electron chi connectivity index (χ2n) is 10.5. The Morgan fingerprint density at radius 1 is 1.00 bits per heavy atom. The number of ether oxygens (including phenoxy) is 2. The maximum Gasteiger partial charge on any atom is 0.314 e. The summed E-state index contributed by atoms with van der Waals surface area (Å²) in [5.41, 5.74) is 0. The van der Waals surface area contributed by atoms with Crippen molar-refractivity contribution in [1.82, 2.24) is 0 Å². The second-order valence-corrected chi connectivity index (χ2v) is 10.5. The van der Waals surface area contributed by atoms with Crippen LogP contribution < -0.4 is 9.47 Å². The number of allylic oxidation sites excluding steroid dienone is 1. The van der Waals surface area contributed by atoms with E-state index >= 15 is 0 Å². The predicted molar refractivity (Wildman–Crippen MR) is 125 cm³/mol. The third-order valence-electron chi connectivity index (χ3n) is 8.72. The highest BCUT2D eigenvalue weighted by Gasteiger charge is 2.43. The van der Waals surface area contributed by atoms with E-state index in [1.165, 1.54) is 58.5 Å². The summed E-state index contributed by atoms with van der Waals surface area (Å²) in [7, 11) is 1.21. The zero-order valence-corrected chi connectivity index (χ0v) is 19.9. The minimum Gasteiger partial charge on any atom is -0.491 e. The molecule has 4 rings (SSSR count). The standard InChI is InChI=1S/C28H38F2O3/c1-3-4-6-18-9-11-19(12-10-18)20-13-14-23-21(15-20)7-5-8-24(23)28(31)33-22-16-25(29)27(32-2)26(30)17-22/h3,16-21,23-24H,1,4-15H2,2H3. The lowest BCUT2D eigenvalue weighted by Gasteiger charge is -2.46. The fourth-order valence-electron chi connectivity index (χ4n) is 7.00. The highest BCUT2D eigenvalue weighted by atomic mass is 19.1. The summed E-state index contributed by atoms with van der Waals surface area (Å²) < 4.78 is 38.2. The van der Waals surface area contributed by atoms with Crippen LogP contribution in [-0.2, 0) is 4.79 Å². The van der Waals surface area contributed by atoms with Gasteiger partial charge in [0.05, 0.1) is 13.0 Å². The SMILES string of the molecule is C=CCCC1CCC(C2CCC3C(CCCC3C(=O)Oc3cc(F)c(OC)c(F)c3)C2)CC1. The Morgan fingerprint density at radius 2 is 1.70 bits per heavy atom. The number of carbonyl (C=O) groups is 1. The number of fused-ring (bicyclic) bond motifs is 1. The normalized spacial score (nSPS) is 32.0. The van der Waals surface area contributed by atoms with Gasteiger partial charge < -0.3 is 9.47 Å². The lowest BCUT2D eigenvalue weighted by atomic mass is 9.59. The van der Waals surface area contributed by atoms with E-state index in [2.05, 4.69) is 6.58 Å². The molecule has 0 aliphatic heterocycles. The van der Waals surface area contributed by atoms with E-state index in [0.717, 1.165) is 55.6 Å². The molecule has 0 spiro atoms. The quantitative estimate of drug-likeness (QED) is 0.240. The van der Waals surface area contributed by atoms with Crippen LogP contribution in [0.5, 0.6) is 11.5 Å². The number of carbonyl (C=O) groups excluding carboxylic acids is 1. The molecule has 3 aliphatic carbocycles. The van der Waals surface area contributed by atoms with E-state index < -0.39 is 17.4 Å². The first-order chi connectivity index (χ1) is 16.0. The molecule has 4 atom stereocenters. The predicted octanol–water partition coefficient (Wildman–Crippen LogP) is 7.48. The van der Waals surface area contributed by atoms with Gasteiger partial charge in [0, 0.05) is 12.1 Å². The highest BCUT2D eigenvalue weighted by molar-refractivity contribution is 5.75. The van der Waals surface area contributed by atoms with Gasteiger partial charge in [-0.15, -0.1) is 6.58 Å². The lowest BCUT2D eigenvalue weighted by Crippen LogP contribution is -2.40. The zero-order chi connectivity index (χ0) is 23.4. The molecular weight excluding hydrogens is 422 g/mol. The molecule has 3 nitrogen and oxygen atoms in total. The number of hydrogen-bond acceptors (Lipinski definition) is 3. The first kappa shape index (κ1) is 24.2. The van der Waals surface area contributed by atoms with Gasteiger partial charge in [-0.1, -0.05) is 31.8 Å². The Balaban J connectivity index is 1.33. The molecular formula is C28H38F2O3. The third-order valence-corrected chi connectivity index (χ3v) is 8.72. The van der Waals surface area contributed by atoms with Gasteiger partial charge in [-0.3, -0.25) is 4.79 Å². The Morgan fingerprint density at radius 3 is 2.36 bits per heavy atom. The van der Waals surface area contributed by atoms with E-state index in [4.69, 9.17) is 9.47 Å². The maximum absolute atomic E-state index is 14.0. The minimum absolute atomic E-state index is 0.0835. The van der Waals surface area contributed by atoms with E-state index in [1.54, 1.807) is 0 Å². The van der Waals surface area contributed by atoms with Gasteiger partial charge in [0.1, 0.15) is 5.75 Å². The summed E-state index contributed by atoms with van der Waals surface area (Å²) in [6.45, 7) is 3.86. The second kappa shape index (κ2) is 11.0. The summed E-state index contributed by atoms with van der Waals surface area (Å²) in [6.07, 6.45) is 16.4. The summed E-state index contributed by atoms with van der Waals surface area (Å²) >= 11 is 0. The molecule has 1 aromatic carbocycles. The number of methoxy groups -OCH3 is 1. The van der Waals surface area contributed by atoms with Crippen molar-refractivity contribution in [3.8, 4) is 11.5 Å². The summed E-state index contributed by atoms with van der Waals surface area (Å²) in [4.78, 5) is 13.0. The molecule has 0 radical (unpaired) electrons. The van der Waals surface area contributed by atoms with Crippen molar-refractivity contribution in [2.24, 2.45) is 35.5 Å². The lowest BCUT2D eigenvalue weighted by molar-refractivity contribution is -0.144. The number of esters is 1. The summed E-state index contributed by atoms with van der Waals surface area (Å²) in [6, 6.07) is 2.06. The smallest absolute Gasteiger partial charge is 0.314 e. The van der Waals surface area contributed by atoms with Crippen molar-refractivity contribution >= 4 is 5.97 Å². The van der Waals surface area contributed by atoms with Gasteiger partial charge >= 0.3 is 5.97 Å². The topological polar surface area (TPSA) is 35.5 Å². The number of halogens is 2. The van der Waals surface area contributed by atoms with Crippen molar-refractivity contribution in [3.63, 3.8) is 0 Å². The van der Waals surface area contributed by atoms with Crippen molar-refractivity contribution in [2.75, 3.05) is 7.11 Å². The van der Waals surface area contributed by atoms with Gasteiger partial charge in [0.15, 0.2) is 17.4 Å². The minimum atomic E-state index is -0.860. The first-order valence-electron chi connectivity index (χ1n) is 12.9. The highest BCUT2D eigenvalue weighted by Crippen LogP contribution is 2.50. The molecule has 4 unspecified atom stereocenters. The summed E-state index contributed by atoms with van der Waals surface area (Å²) in [5, 5.41) is 0. The maximum atomic E-state index is 14.0. The van der Waals surface area contributed by atoms with Crippen LogP contribution in [0.4, 0.5) is 8.78 Å². The van der Waals surface area contributed by atoms with Crippen LogP contribution in [0.2, 0.25) is 0 Å². The molecule has 3 aliphatic rings. The van der Waals surface area contributed by atoms with Crippen LogP contribution in [0.1, 0.15) is 77.0 Å². The Bertz CT molecular complexity index is 807. The van der Waals surface area contributed by atoms with Crippen LogP contribution in [0.3, 0.4) is 0 Å². The van der Waals surface area contributed by atoms with Crippen molar-refractivity contribution < 1.29 is 23.0 Å². The molecule has 0 heterocycles. The Labute approximate surface area is 196 Å². The molecule has 182 valence electrons. The van der Waals surface area contributed by atoms with Gasteiger partial charge in [-0.2, -0.15) is 0 Å². The molecule has 0 N–H and O–H groups in total. The van der Waals surface area contributed by atoms with Gasteiger partial charge in [-0.05, 0) is 81.0 Å². The molecule has 1 aromatic rings. The fraction of sp³-hybridized carbons (Fsp3) is 0.679. The number of benzene rings is 1. The van der Waals surface area contributed by atoms with E-state index in [0.29, 0.717) is 11.8 Å². The average molecular weight is 461 g/mol. The van der Waals surface area contributed by atoms with Gasteiger partial charge in [0.2, 0.25) is 0 Å². The monoisotopic (exact) mass is 460 g/mol. The molecule has 0 amide bonds. The van der Waals surface area contributed by atoms with Gasteiger partial charge in [0.25, 0.3) is 0 Å². The van der Waals surface area contributed by atoms with Crippen LogP contribution in [0, 0.1) is 47.1 Å². The van der Waals surface area contributed by atoms with Crippen molar-refractivity contribution in [1.29, 1.82) is 0 Å². The first-order valence-corrected chi connectivity index (χ1v) is 12.9. The summed E-state index contributed by atoms with van der Waals surface area (Å²) in [5.74, 6) is 0.620. The molecule has 3 fully saturated rings. The molecule has 0 saturated heterocycles. The molecule has 5 heteroatoms. The Hall–Kier alpha value is -1.91. The van der Waals surface area contributed by atoms with Crippen molar-refractivity contribution in [3.05, 3.63) is 36.4 Å². The van der Waals surface area contributed by atoms with E-state index in [9.17, 15) is 13.6 Å². The van der Waals surface area contributed by atoms with Crippen LogP contribution >= 0.6 is 0 Å². The number of hydrogen-bond donors (Lipinski definition) is 0. The third kappa shape index (κ3) is 5.60.